The van der Waals surface area contributed by atoms with E-state index in [1.807, 2.05) is 19.4 Å². The van der Waals surface area contributed by atoms with Crippen LogP contribution in [0.2, 0.25) is 0 Å². The first-order valence-corrected chi connectivity index (χ1v) is 6.64. The SMILES string of the molecule is CNC(c1cncnc1)C1CCC(C)C(C)C1. The van der Waals surface area contributed by atoms with Gasteiger partial charge in [0.15, 0.2) is 0 Å². The van der Waals surface area contributed by atoms with Crippen LogP contribution >= 0.6 is 0 Å². The van der Waals surface area contributed by atoms with Gasteiger partial charge in [-0.05, 0) is 37.6 Å². The Balaban J connectivity index is 2.09. The Bertz CT molecular complexity index is 339. The summed E-state index contributed by atoms with van der Waals surface area (Å²) in [6, 6.07) is 0.408. The summed E-state index contributed by atoms with van der Waals surface area (Å²) in [6.07, 6.45) is 9.45. The van der Waals surface area contributed by atoms with E-state index in [4.69, 9.17) is 0 Å². The summed E-state index contributed by atoms with van der Waals surface area (Å²) in [4.78, 5) is 8.26. The maximum Gasteiger partial charge on any atom is 0.115 e. The van der Waals surface area contributed by atoms with E-state index in [0.29, 0.717) is 6.04 Å². The molecule has 0 aromatic carbocycles. The monoisotopic (exact) mass is 233 g/mol. The predicted molar refractivity (Wildman–Crippen MR) is 69.5 cm³/mol. The molecule has 0 aliphatic heterocycles. The second-order valence-electron chi connectivity index (χ2n) is 5.47. The molecule has 0 bridgehead atoms. The molecule has 2 rings (SSSR count). The zero-order chi connectivity index (χ0) is 12.3. The maximum atomic E-state index is 4.13. The van der Waals surface area contributed by atoms with Crippen molar-refractivity contribution in [3.8, 4) is 0 Å². The molecule has 1 N–H and O–H groups in total. The Morgan fingerprint density at radius 2 is 1.88 bits per heavy atom. The summed E-state index contributed by atoms with van der Waals surface area (Å²) in [5, 5.41) is 3.44. The van der Waals surface area contributed by atoms with E-state index < -0.39 is 0 Å². The average Bonchev–Trinajstić information content (AvgIpc) is 2.36. The highest BCUT2D eigenvalue weighted by molar-refractivity contribution is 5.11. The predicted octanol–water partition coefficient (Wildman–Crippen LogP) is 2.81. The lowest BCUT2D eigenvalue weighted by Crippen LogP contribution is -2.31. The summed E-state index contributed by atoms with van der Waals surface area (Å²) in [6.45, 7) is 4.76. The molecule has 0 saturated heterocycles. The van der Waals surface area contributed by atoms with Gasteiger partial charge in [0.1, 0.15) is 6.33 Å². The number of nitrogens with one attached hydrogen (secondary N) is 1. The first-order valence-electron chi connectivity index (χ1n) is 6.64. The molecule has 1 heterocycles. The minimum Gasteiger partial charge on any atom is -0.313 e. The minimum atomic E-state index is 0.408. The maximum absolute atomic E-state index is 4.13. The lowest BCUT2D eigenvalue weighted by atomic mass is 9.72. The van der Waals surface area contributed by atoms with E-state index in [1.165, 1.54) is 24.8 Å². The molecule has 0 amide bonds. The van der Waals surface area contributed by atoms with E-state index >= 15 is 0 Å². The van der Waals surface area contributed by atoms with Crippen LogP contribution in [-0.2, 0) is 0 Å². The zero-order valence-electron chi connectivity index (χ0n) is 11.1. The molecule has 1 aromatic rings. The molecule has 0 spiro atoms. The second kappa shape index (κ2) is 5.58. The fourth-order valence-electron chi connectivity index (χ4n) is 3.04. The highest BCUT2D eigenvalue weighted by atomic mass is 14.9. The first kappa shape index (κ1) is 12.5. The van der Waals surface area contributed by atoms with E-state index in [-0.39, 0.29) is 0 Å². The van der Waals surface area contributed by atoms with Crippen LogP contribution in [0.5, 0.6) is 0 Å². The smallest absolute Gasteiger partial charge is 0.115 e. The van der Waals surface area contributed by atoms with Crippen LogP contribution in [0, 0.1) is 17.8 Å². The quantitative estimate of drug-likeness (QED) is 0.872. The Morgan fingerprint density at radius 3 is 2.47 bits per heavy atom. The molecule has 17 heavy (non-hydrogen) atoms. The number of rotatable bonds is 3. The van der Waals surface area contributed by atoms with Crippen molar-refractivity contribution in [2.75, 3.05) is 7.05 Å². The van der Waals surface area contributed by atoms with Gasteiger partial charge in [0.05, 0.1) is 0 Å². The normalized spacial score (nSPS) is 31.1. The standard InChI is InChI=1S/C14H23N3/c1-10-4-5-12(6-11(10)2)14(15-3)13-7-16-9-17-8-13/h7-12,14-15H,4-6H2,1-3H3. The van der Waals surface area contributed by atoms with Crippen molar-refractivity contribution in [2.24, 2.45) is 17.8 Å². The molecule has 1 saturated carbocycles. The minimum absolute atomic E-state index is 0.408. The zero-order valence-corrected chi connectivity index (χ0v) is 11.1. The van der Waals surface area contributed by atoms with E-state index in [2.05, 4.69) is 29.1 Å². The highest BCUT2D eigenvalue weighted by Gasteiger charge is 2.30. The molecule has 3 nitrogen and oxygen atoms in total. The summed E-state index contributed by atoms with van der Waals surface area (Å²) in [5.74, 6) is 2.42. The highest BCUT2D eigenvalue weighted by Crippen LogP contribution is 2.39. The van der Waals surface area contributed by atoms with Gasteiger partial charge in [0, 0.05) is 24.0 Å². The van der Waals surface area contributed by atoms with Gasteiger partial charge in [-0.3, -0.25) is 0 Å². The summed E-state index contributed by atoms with van der Waals surface area (Å²) in [5.41, 5.74) is 1.22. The van der Waals surface area contributed by atoms with Gasteiger partial charge in [-0.1, -0.05) is 20.3 Å². The molecule has 0 radical (unpaired) electrons. The van der Waals surface area contributed by atoms with E-state index in [0.717, 1.165) is 17.8 Å². The van der Waals surface area contributed by atoms with Crippen LogP contribution in [0.4, 0.5) is 0 Å². The van der Waals surface area contributed by atoms with Crippen LogP contribution in [0.25, 0.3) is 0 Å². The molecule has 4 atom stereocenters. The topological polar surface area (TPSA) is 37.8 Å². The molecule has 1 aliphatic carbocycles. The van der Waals surface area contributed by atoms with Gasteiger partial charge >= 0.3 is 0 Å². The van der Waals surface area contributed by atoms with Gasteiger partial charge in [-0.15, -0.1) is 0 Å². The first-order chi connectivity index (χ1) is 8.22. The van der Waals surface area contributed by atoms with Crippen molar-refractivity contribution in [2.45, 2.75) is 39.2 Å². The Morgan fingerprint density at radius 1 is 1.18 bits per heavy atom. The van der Waals surface area contributed by atoms with Crippen LogP contribution in [0.3, 0.4) is 0 Å². The van der Waals surface area contributed by atoms with Crippen molar-refractivity contribution >= 4 is 0 Å². The summed E-state index contributed by atoms with van der Waals surface area (Å²) >= 11 is 0. The summed E-state index contributed by atoms with van der Waals surface area (Å²) in [7, 11) is 2.04. The molecule has 3 heteroatoms. The molecule has 1 aliphatic rings. The van der Waals surface area contributed by atoms with Crippen LogP contribution in [-0.4, -0.2) is 17.0 Å². The Kier molecular flexibility index (Phi) is 4.11. The van der Waals surface area contributed by atoms with E-state index in [9.17, 15) is 0 Å². The van der Waals surface area contributed by atoms with E-state index in [1.54, 1.807) is 6.33 Å². The van der Waals surface area contributed by atoms with Gasteiger partial charge in [0.2, 0.25) is 0 Å². The van der Waals surface area contributed by atoms with Crippen molar-refractivity contribution in [1.29, 1.82) is 0 Å². The van der Waals surface area contributed by atoms with Gasteiger partial charge in [-0.2, -0.15) is 0 Å². The van der Waals surface area contributed by atoms with Crippen molar-refractivity contribution in [1.82, 2.24) is 15.3 Å². The second-order valence-corrected chi connectivity index (χ2v) is 5.47. The lowest BCUT2D eigenvalue weighted by Gasteiger charge is -2.36. The molecular formula is C14H23N3. The third-order valence-corrected chi connectivity index (χ3v) is 4.36. The number of nitrogens with zero attached hydrogens (tertiary/aromatic N) is 2. The molecular weight excluding hydrogens is 210 g/mol. The molecule has 94 valence electrons. The van der Waals surface area contributed by atoms with Gasteiger partial charge in [0.25, 0.3) is 0 Å². The van der Waals surface area contributed by atoms with Gasteiger partial charge in [-0.25, -0.2) is 9.97 Å². The fraction of sp³-hybridized carbons (Fsp3) is 0.714. The van der Waals surface area contributed by atoms with Gasteiger partial charge < -0.3 is 5.32 Å². The van der Waals surface area contributed by atoms with Crippen molar-refractivity contribution in [3.05, 3.63) is 24.3 Å². The van der Waals surface area contributed by atoms with Crippen molar-refractivity contribution < 1.29 is 0 Å². The third kappa shape index (κ3) is 2.83. The average molecular weight is 233 g/mol. The molecule has 1 fully saturated rings. The van der Waals surface area contributed by atoms with Crippen molar-refractivity contribution in [3.63, 3.8) is 0 Å². The number of hydrogen-bond donors (Lipinski definition) is 1. The number of hydrogen-bond acceptors (Lipinski definition) is 3. The third-order valence-electron chi connectivity index (χ3n) is 4.36. The lowest BCUT2D eigenvalue weighted by molar-refractivity contribution is 0.174. The molecule has 4 unspecified atom stereocenters. The summed E-state index contributed by atoms with van der Waals surface area (Å²) < 4.78 is 0. The number of aromatic nitrogens is 2. The fourth-order valence-corrected chi connectivity index (χ4v) is 3.04. The van der Waals surface area contributed by atoms with Crippen LogP contribution < -0.4 is 5.32 Å². The largest absolute Gasteiger partial charge is 0.313 e. The van der Waals surface area contributed by atoms with Crippen LogP contribution in [0.1, 0.15) is 44.7 Å². The van der Waals surface area contributed by atoms with Crippen LogP contribution in [0.15, 0.2) is 18.7 Å². The Hall–Kier alpha value is -0.960. The molecule has 1 aromatic heterocycles. The Labute approximate surface area is 104 Å².